The number of ether oxygens (including phenoxy) is 1. The fourth-order valence-electron chi connectivity index (χ4n) is 1.27. The number of alkyl carbamates (subject to hydrolysis) is 1. The van der Waals surface area contributed by atoms with Crippen LogP contribution in [0.2, 0.25) is 0 Å². The van der Waals surface area contributed by atoms with Crippen LogP contribution in [0, 0.1) is 0 Å². The molecule has 22 heavy (non-hydrogen) atoms. The van der Waals surface area contributed by atoms with Gasteiger partial charge >= 0.3 is 6.09 Å². The van der Waals surface area contributed by atoms with Gasteiger partial charge in [0.2, 0.25) is 5.91 Å². The van der Waals surface area contributed by atoms with Crippen molar-refractivity contribution in [1.29, 1.82) is 0 Å². The maximum absolute atomic E-state index is 12.1. The summed E-state index contributed by atoms with van der Waals surface area (Å²) in [4.78, 5) is 23.6. The predicted molar refractivity (Wildman–Crippen MR) is 99.6 cm³/mol. The van der Waals surface area contributed by atoms with Crippen molar-refractivity contribution in [2.45, 2.75) is 51.9 Å². The third-order valence-electron chi connectivity index (χ3n) is 2.23. The van der Waals surface area contributed by atoms with Gasteiger partial charge in [-0.25, -0.2) is 4.79 Å². The van der Waals surface area contributed by atoms with Crippen LogP contribution in [0.1, 0.15) is 41.5 Å². The van der Waals surface area contributed by atoms with Gasteiger partial charge in [0.25, 0.3) is 0 Å². The second-order valence-electron chi connectivity index (χ2n) is 5.98. The fraction of sp³-hybridized carbons (Fsp3) is 0.786. The molecular formula is C14H26N2O3S3. The molecular weight excluding hydrogens is 340 g/mol. The Morgan fingerprint density at radius 1 is 1.09 bits per heavy atom. The maximum atomic E-state index is 12.1. The first-order valence-corrected chi connectivity index (χ1v) is 9.30. The Morgan fingerprint density at radius 3 is 2.14 bits per heavy atom. The maximum Gasteiger partial charge on any atom is 0.407 e. The van der Waals surface area contributed by atoms with Crippen LogP contribution in [0.4, 0.5) is 4.79 Å². The Labute approximate surface area is 147 Å². The summed E-state index contributed by atoms with van der Waals surface area (Å²) in [5.41, 5.74) is -0.529. The minimum atomic E-state index is -0.634. The van der Waals surface area contributed by atoms with Crippen LogP contribution in [0.3, 0.4) is 0 Å². The number of hydrogen-bond acceptors (Lipinski definition) is 6. The lowest BCUT2D eigenvalue weighted by atomic mass is 10.2. The van der Waals surface area contributed by atoms with E-state index in [1.807, 2.05) is 20.8 Å². The molecule has 128 valence electrons. The van der Waals surface area contributed by atoms with Crippen LogP contribution >= 0.6 is 35.7 Å². The van der Waals surface area contributed by atoms with E-state index in [1.165, 1.54) is 11.8 Å². The molecule has 0 radical (unpaired) electrons. The molecule has 2 N–H and O–H groups in total. The molecule has 0 aromatic heterocycles. The predicted octanol–water partition coefficient (Wildman–Crippen LogP) is 3.18. The van der Waals surface area contributed by atoms with Crippen molar-refractivity contribution >= 4 is 51.3 Å². The molecule has 0 saturated carbocycles. The van der Waals surface area contributed by atoms with Gasteiger partial charge in [-0.05, 0) is 40.4 Å². The molecule has 8 heteroatoms. The number of carbonyl (C=O) groups is 2. The van der Waals surface area contributed by atoms with E-state index >= 15 is 0 Å². The summed E-state index contributed by atoms with van der Waals surface area (Å²) in [7, 11) is 0. The molecule has 0 heterocycles. The number of carbonyl (C=O) groups excluding carboxylic acids is 2. The Morgan fingerprint density at radius 2 is 1.64 bits per heavy atom. The average molecular weight is 367 g/mol. The molecule has 0 aromatic rings. The van der Waals surface area contributed by atoms with Crippen LogP contribution in [-0.4, -0.2) is 44.7 Å². The molecule has 0 saturated heterocycles. The quantitative estimate of drug-likeness (QED) is 0.556. The van der Waals surface area contributed by atoms with Crippen LogP contribution in [-0.2, 0) is 9.53 Å². The van der Waals surface area contributed by atoms with Crippen molar-refractivity contribution in [2.75, 3.05) is 18.8 Å². The SMILES string of the molecule is CCSC(=S)SC(C)(C)C(=O)NCCNC(=O)OC(C)(C)C. The zero-order valence-corrected chi connectivity index (χ0v) is 16.5. The van der Waals surface area contributed by atoms with Gasteiger partial charge in [0.1, 0.15) is 9.13 Å². The number of nitrogens with one attached hydrogen (secondary N) is 2. The van der Waals surface area contributed by atoms with Gasteiger partial charge in [-0.15, -0.1) is 11.8 Å². The Hall–Kier alpha value is -0.470. The third-order valence-corrected chi connectivity index (χ3v) is 4.82. The Bertz CT molecular complexity index is 407. The fourth-order valence-corrected chi connectivity index (χ4v) is 4.28. The molecule has 0 aliphatic carbocycles. The molecule has 0 fully saturated rings. The van der Waals surface area contributed by atoms with Crippen molar-refractivity contribution in [1.82, 2.24) is 10.6 Å². The van der Waals surface area contributed by atoms with E-state index in [-0.39, 0.29) is 5.91 Å². The standard InChI is InChI=1S/C14H26N2O3S3/c1-7-21-12(20)22-14(5,6)10(17)15-8-9-16-11(18)19-13(2,3)4/h7-9H2,1-6H3,(H,15,17)(H,16,18). The summed E-state index contributed by atoms with van der Waals surface area (Å²) in [5.74, 6) is 0.783. The Balaban J connectivity index is 4.07. The highest BCUT2D eigenvalue weighted by molar-refractivity contribution is 8.47. The molecule has 0 aromatic carbocycles. The van der Waals surface area contributed by atoms with Crippen LogP contribution < -0.4 is 10.6 Å². The summed E-state index contributed by atoms with van der Waals surface area (Å²) < 4.78 is 5.23. The van der Waals surface area contributed by atoms with Crippen LogP contribution in [0.15, 0.2) is 0 Å². The topological polar surface area (TPSA) is 67.4 Å². The van der Waals surface area contributed by atoms with E-state index < -0.39 is 16.4 Å². The van der Waals surface area contributed by atoms with E-state index in [1.54, 1.807) is 32.5 Å². The summed E-state index contributed by atoms with van der Waals surface area (Å²) in [6.45, 7) is 11.7. The highest BCUT2D eigenvalue weighted by atomic mass is 32.2. The molecule has 5 nitrogen and oxygen atoms in total. The number of rotatable bonds is 6. The van der Waals surface area contributed by atoms with Crippen molar-refractivity contribution < 1.29 is 14.3 Å². The monoisotopic (exact) mass is 366 g/mol. The van der Waals surface area contributed by atoms with Crippen molar-refractivity contribution in [2.24, 2.45) is 0 Å². The zero-order chi connectivity index (χ0) is 17.4. The first-order chi connectivity index (χ1) is 9.98. The highest BCUT2D eigenvalue weighted by Crippen LogP contribution is 2.30. The minimum Gasteiger partial charge on any atom is -0.444 e. The minimum absolute atomic E-state index is 0.109. The zero-order valence-electron chi connectivity index (χ0n) is 14.1. The van der Waals surface area contributed by atoms with Gasteiger partial charge < -0.3 is 15.4 Å². The molecule has 0 unspecified atom stereocenters. The average Bonchev–Trinajstić information content (AvgIpc) is 2.31. The number of amides is 2. The summed E-state index contributed by atoms with van der Waals surface area (Å²) >= 11 is 8.14. The van der Waals surface area contributed by atoms with Crippen molar-refractivity contribution in [3.8, 4) is 0 Å². The van der Waals surface area contributed by atoms with Gasteiger partial charge in [-0.3, -0.25) is 4.79 Å². The number of thiocarbonyl (C=S) groups is 1. The molecule has 0 rings (SSSR count). The van der Waals surface area contributed by atoms with Gasteiger partial charge in [0.05, 0.1) is 4.75 Å². The van der Waals surface area contributed by atoms with E-state index in [9.17, 15) is 9.59 Å². The highest BCUT2D eigenvalue weighted by Gasteiger charge is 2.29. The lowest BCUT2D eigenvalue weighted by molar-refractivity contribution is -0.122. The third kappa shape index (κ3) is 10.3. The van der Waals surface area contributed by atoms with Gasteiger partial charge in [0, 0.05) is 13.1 Å². The van der Waals surface area contributed by atoms with Gasteiger partial charge in [-0.1, -0.05) is 30.9 Å². The van der Waals surface area contributed by atoms with Crippen molar-refractivity contribution in [3.05, 3.63) is 0 Å². The normalized spacial score (nSPS) is 11.7. The number of hydrogen-bond donors (Lipinski definition) is 2. The molecule has 0 spiro atoms. The summed E-state index contributed by atoms with van der Waals surface area (Å²) in [6.07, 6.45) is -0.490. The first kappa shape index (κ1) is 21.5. The lowest BCUT2D eigenvalue weighted by Crippen LogP contribution is -2.44. The summed E-state index contributed by atoms with van der Waals surface area (Å²) in [6, 6.07) is 0. The first-order valence-electron chi connectivity index (χ1n) is 7.09. The molecule has 0 aliphatic rings. The molecule has 0 atom stereocenters. The lowest BCUT2D eigenvalue weighted by Gasteiger charge is -2.23. The van der Waals surface area contributed by atoms with Crippen molar-refractivity contribution in [3.63, 3.8) is 0 Å². The van der Waals surface area contributed by atoms with E-state index in [0.717, 1.165) is 9.28 Å². The van der Waals surface area contributed by atoms with Gasteiger partial charge in [0.15, 0.2) is 0 Å². The molecule has 0 aliphatic heterocycles. The van der Waals surface area contributed by atoms with Gasteiger partial charge in [-0.2, -0.15) is 0 Å². The second-order valence-corrected chi connectivity index (χ2v) is 10.1. The summed E-state index contributed by atoms with van der Waals surface area (Å²) in [5, 5.41) is 5.38. The van der Waals surface area contributed by atoms with E-state index in [4.69, 9.17) is 17.0 Å². The van der Waals surface area contributed by atoms with Crippen LogP contribution in [0.25, 0.3) is 0 Å². The largest absolute Gasteiger partial charge is 0.444 e. The van der Waals surface area contributed by atoms with E-state index in [0.29, 0.717) is 13.1 Å². The number of thioether (sulfide) groups is 2. The van der Waals surface area contributed by atoms with Crippen LogP contribution in [0.5, 0.6) is 0 Å². The smallest absolute Gasteiger partial charge is 0.407 e. The second kappa shape index (κ2) is 9.62. The molecule has 0 bridgehead atoms. The Kier molecular flexibility index (Phi) is 9.41. The molecule has 2 amide bonds. The van der Waals surface area contributed by atoms with E-state index in [2.05, 4.69) is 10.6 Å².